The number of aliphatic hydroxyl groups is 2. The lowest BCUT2D eigenvalue weighted by atomic mass is 10.1. The second-order valence-corrected chi connectivity index (χ2v) is 10.4. The molecule has 2 unspecified atom stereocenters. The fourth-order valence-electron chi connectivity index (χ4n) is 2.43. The predicted molar refractivity (Wildman–Crippen MR) is 95.0 cm³/mol. The Bertz CT molecular complexity index is 1040. The number of aliphatic hydroxyl groups excluding tert-OH is 2. The molecule has 1 amide bonds. The molecule has 1 aromatic rings. The van der Waals surface area contributed by atoms with Crippen molar-refractivity contribution in [2.45, 2.75) is 24.5 Å². The number of carbonyl (C=O) groups is 1. The first-order valence-electron chi connectivity index (χ1n) is 7.83. The molecule has 2 rings (SSSR count). The van der Waals surface area contributed by atoms with Gasteiger partial charge in [0.15, 0.2) is 11.7 Å². The van der Waals surface area contributed by atoms with Crippen LogP contribution in [0.3, 0.4) is 0 Å². The summed E-state index contributed by atoms with van der Waals surface area (Å²) < 4.78 is 51.2. The molecule has 1 aliphatic rings. The van der Waals surface area contributed by atoms with Crippen LogP contribution in [0.2, 0.25) is 0 Å². The third-order valence-corrected chi connectivity index (χ3v) is 7.46. The summed E-state index contributed by atoms with van der Waals surface area (Å²) in [4.78, 5) is 58.3. The molecule has 0 radical (unpaired) electrons. The lowest BCUT2D eigenvalue weighted by Crippen LogP contribution is -2.34. The molecule has 20 heteroatoms. The summed E-state index contributed by atoms with van der Waals surface area (Å²) in [6.07, 6.45) is -4.37. The number of primary amides is 1. The number of hydrogen-bond acceptors (Lipinski definition) is 11. The van der Waals surface area contributed by atoms with E-state index in [0.29, 0.717) is 0 Å². The van der Waals surface area contributed by atoms with Crippen LogP contribution in [0.4, 0.5) is 0 Å². The molecule has 1 fully saturated rings. The van der Waals surface area contributed by atoms with Gasteiger partial charge in [0.2, 0.25) is 0 Å². The fourth-order valence-corrected chi connectivity index (χ4v) is 5.46. The average molecular weight is 510 g/mol. The van der Waals surface area contributed by atoms with Crippen LogP contribution in [0.15, 0.2) is 23.3 Å². The van der Waals surface area contributed by atoms with Crippen molar-refractivity contribution in [1.82, 2.24) is 4.57 Å². The molecule has 0 bridgehead atoms. The Hall–Kier alpha value is -1.29. The minimum atomic E-state index is -5.74. The molecule has 8 N–H and O–H groups in total. The van der Waals surface area contributed by atoms with Crippen molar-refractivity contribution >= 4 is 29.4 Å². The number of phosphoric ester groups is 1. The second kappa shape index (κ2) is 9.29. The van der Waals surface area contributed by atoms with Crippen LogP contribution in [0.25, 0.3) is 0 Å². The van der Waals surface area contributed by atoms with E-state index >= 15 is 0 Å². The lowest BCUT2D eigenvalue weighted by molar-refractivity contribution is -0.0522. The molecule has 1 saturated heterocycles. The summed E-state index contributed by atoms with van der Waals surface area (Å²) in [6.45, 7) is -1.03. The summed E-state index contributed by atoms with van der Waals surface area (Å²) in [5, 5.41) is 20.2. The molecule has 17 nitrogen and oxygen atoms in total. The smallest absolute Gasteiger partial charge is 0.387 e. The van der Waals surface area contributed by atoms with E-state index in [4.69, 9.17) is 25.2 Å². The molecule has 0 aliphatic carbocycles. The molecule has 31 heavy (non-hydrogen) atoms. The number of amides is 1. The SMILES string of the molecule is NC(=O)c1cn([C@@H]2O[C@H](COP(=O)(O)OP(=O)(O)OP(=O)(O)O)[C@@H](O)[C@H]2O)ccc1=O. The van der Waals surface area contributed by atoms with E-state index in [2.05, 4.69) is 13.1 Å². The highest BCUT2D eigenvalue weighted by molar-refractivity contribution is 7.66. The van der Waals surface area contributed by atoms with Gasteiger partial charge in [-0.15, -0.1) is 0 Å². The minimum Gasteiger partial charge on any atom is -0.387 e. The molecule has 1 aliphatic heterocycles. The zero-order valence-corrected chi connectivity index (χ0v) is 17.7. The Morgan fingerprint density at radius 2 is 1.71 bits per heavy atom. The van der Waals surface area contributed by atoms with Crippen molar-refractivity contribution in [1.29, 1.82) is 0 Å². The number of aromatic nitrogens is 1. The zero-order valence-electron chi connectivity index (χ0n) is 15.0. The van der Waals surface area contributed by atoms with Gasteiger partial charge in [0, 0.05) is 18.5 Å². The van der Waals surface area contributed by atoms with Gasteiger partial charge in [-0.05, 0) is 0 Å². The van der Waals surface area contributed by atoms with Crippen LogP contribution in [0, 0.1) is 0 Å². The Morgan fingerprint density at radius 3 is 2.26 bits per heavy atom. The average Bonchev–Trinajstić information content (AvgIpc) is 2.85. The molecule has 0 spiro atoms. The Labute approximate surface area is 172 Å². The first-order chi connectivity index (χ1) is 14.0. The van der Waals surface area contributed by atoms with Crippen molar-refractivity contribution in [3.63, 3.8) is 0 Å². The van der Waals surface area contributed by atoms with Gasteiger partial charge in [0.05, 0.1) is 6.61 Å². The number of nitrogens with two attached hydrogens (primary N) is 1. The van der Waals surface area contributed by atoms with Gasteiger partial charge < -0.3 is 44.8 Å². The standard InChI is InChI=1S/C11H17N2O15P3/c12-10(17)5-3-13(2-1-6(5)14)11-9(16)8(15)7(26-11)4-25-30(21,22)28-31(23,24)27-29(18,19)20/h1-3,7-9,11,15-16H,4H2,(H2,12,17)(H,21,22)(H,23,24)(H2,18,19,20)/t7-,8-,9-,11-/m1/s1. The van der Waals surface area contributed by atoms with Gasteiger partial charge in [0.25, 0.3) is 5.91 Å². The van der Waals surface area contributed by atoms with Gasteiger partial charge in [-0.2, -0.15) is 8.62 Å². The summed E-state index contributed by atoms with van der Waals surface area (Å²) in [5.41, 5.74) is 3.88. The first kappa shape index (κ1) is 26.0. The maximum atomic E-state index is 11.7. The third-order valence-electron chi connectivity index (χ3n) is 3.66. The van der Waals surface area contributed by atoms with E-state index in [9.17, 15) is 38.4 Å². The maximum Gasteiger partial charge on any atom is 0.490 e. The van der Waals surface area contributed by atoms with Crippen LogP contribution in [-0.2, 0) is 31.6 Å². The third kappa shape index (κ3) is 7.10. The molecule has 1 aromatic heterocycles. The fraction of sp³-hybridized carbons (Fsp3) is 0.455. The topological polar surface area (TPSA) is 275 Å². The molecule has 0 saturated carbocycles. The minimum absolute atomic E-state index is 0.454. The van der Waals surface area contributed by atoms with Crippen molar-refractivity contribution in [2.75, 3.05) is 6.61 Å². The van der Waals surface area contributed by atoms with Crippen LogP contribution in [-0.4, -0.2) is 65.2 Å². The van der Waals surface area contributed by atoms with Crippen LogP contribution < -0.4 is 11.2 Å². The monoisotopic (exact) mass is 510 g/mol. The van der Waals surface area contributed by atoms with E-state index in [1.807, 2.05) is 0 Å². The number of hydrogen-bond donors (Lipinski definition) is 7. The Balaban J connectivity index is 2.09. The molecular weight excluding hydrogens is 493 g/mol. The largest absolute Gasteiger partial charge is 0.490 e. The van der Waals surface area contributed by atoms with Crippen molar-refractivity contribution in [3.05, 3.63) is 34.2 Å². The number of ether oxygens (including phenoxy) is 1. The molecule has 6 atom stereocenters. The van der Waals surface area contributed by atoms with E-state index in [0.717, 1.165) is 23.0 Å². The number of carbonyl (C=O) groups excluding carboxylic acids is 1. The predicted octanol–water partition coefficient (Wildman–Crippen LogP) is -2.09. The first-order valence-corrected chi connectivity index (χ1v) is 12.3. The van der Waals surface area contributed by atoms with Crippen LogP contribution >= 0.6 is 23.5 Å². The Kier molecular flexibility index (Phi) is 7.78. The summed E-state index contributed by atoms with van der Waals surface area (Å²) in [7, 11) is -16.8. The molecule has 176 valence electrons. The summed E-state index contributed by atoms with van der Waals surface area (Å²) in [6, 6.07) is 0.932. The molecular formula is C11H17N2O15P3. The van der Waals surface area contributed by atoms with Gasteiger partial charge in [-0.25, -0.2) is 13.7 Å². The number of pyridine rings is 1. The highest BCUT2D eigenvalue weighted by Gasteiger charge is 2.46. The van der Waals surface area contributed by atoms with Crippen molar-refractivity contribution in [2.24, 2.45) is 5.73 Å². The summed E-state index contributed by atoms with van der Waals surface area (Å²) >= 11 is 0. The second-order valence-electron chi connectivity index (χ2n) is 5.97. The quantitative estimate of drug-likeness (QED) is 0.175. The number of rotatable bonds is 9. The highest BCUT2D eigenvalue weighted by Crippen LogP contribution is 2.66. The van der Waals surface area contributed by atoms with E-state index < -0.39 is 71.5 Å². The number of phosphoric acid groups is 3. The molecule has 2 heterocycles. The summed E-state index contributed by atoms with van der Waals surface area (Å²) in [5.74, 6) is -1.07. The van der Waals surface area contributed by atoms with Gasteiger partial charge in [-0.1, -0.05) is 0 Å². The van der Waals surface area contributed by atoms with Crippen LogP contribution in [0.5, 0.6) is 0 Å². The normalized spacial score (nSPS) is 28.1. The zero-order chi connectivity index (χ0) is 23.8. The van der Waals surface area contributed by atoms with Crippen LogP contribution in [0.1, 0.15) is 16.6 Å². The molecule has 0 aromatic carbocycles. The van der Waals surface area contributed by atoms with E-state index in [1.165, 1.54) is 0 Å². The van der Waals surface area contributed by atoms with E-state index in [1.54, 1.807) is 0 Å². The van der Waals surface area contributed by atoms with E-state index in [-0.39, 0.29) is 0 Å². The van der Waals surface area contributed by atoms with Crippen molar-refractivity contribution < 1.29 is 66.2 Å². The number of nitrogens with zero attached hydrogens (tertiary/aromatic N) is 1. The van der Waals surface area contributed by atoms with Gasteiger partial charge >= 0.3 is 23.5 Å². The maximum absolute atomic E-state index is 11.7. The van der Waals surface area contributed by atoms with Gasteiger partial charge in [0.1, 0.15) is 23.9 Å². The van der Waals surface area contributed by atoms with Crippen molar-refractivity contribution in [3.8, 4) is 0 Å². The Morgan fingerprint density at radius 1 is 1.10 bits per heavy atom. The highest BCUT2D eigenvalue weighted by atomic mass is 31.3. The lowest BCUT2D eigenvalue weighted by Gasteiger charge is -2.19. The van der Waals surface area contributed by atoms with Gasteiger partial charge in [-0.3, -0.25) is 14.1 Å².